The van der Waals surface area contributed by atoms with Gasteiger partial charge in [-0.05, 0) is 72.0 Å². The van der Waals surface area contributed by atoms with Crippen LogP contribution in [0.4, 0.5) is 10.2 Å². The first-order valence-electron chi connectivity index (χ1n) is 9.03. The third kappa shape index (κ3) is 3.68. The third-order valence-electron chi connectivity index (χ3n) is 4.74. The summed E-state index contributed by atoms with van der Waals surface area (Å²) in [5.41, 5.74) is 4.30. The van der Waals surface area contributed by atoms with E-state index in [2.05, 4.69) is 15.3 Å². The minimum Gasteiger partial charge on any atom is -0.507 e. The molecule has 142 valence electrons. The summed E-state index contributed by atoms with van der Waals surface area (Å²) >= 11 is 1.42. The van der Waals surface area contributed by atoms with Crippen LogP contribution in [0.2, 0.25) is 0 Å². The quantitative estimate of drug-likeness (QED) is 0.472. The van der Waals surface area contributed by atoms with Crippen LogP contribution in [-0.2, 0) is 6.42 Å². The van der Waals surface area contributed by atoms with E-state index in [0.29, 0.717) is 29.2 Å². The van der Waals surface area contributed by atoms with E-state index in [-0.39, 0.29) is 5.82 Å². The summed E-state index contributed by atoms with van der Waals surface area (Å²) in [6.07, 6.45) is 2.21. The molecule has 0 atom stereocenters. The van der Waals surface area contributed by atoms with Gasteiger partial charge in [0.1, 0.15) is 23.7 Å². The van der Waals surface area contributed by atoms with Crippen molar-refractivity contribution in [1.29, 1.82) is 0 Å². The zero-order valence-corrected chi connectivity index (χ0v) is 16.5. The van der Waals surface area contributed by atoms with Crippen molar-refractivity contribution >= 4 is 27.2 Å². The fourth-order valence-electron chi connectivity index (χ4n) is 3.29. The molecule has 28 heavy (non-hydrogen) atoms. The molecule has 4 rings (SSSR count). The van der Waals surface area contributed by atoms with Crippen molar-refractivity contribution in [2.24, 2.45) is 0 Å². The highest BCUT2D eigenvalue weighted by Gasteiger charge is 2.08. The van der Waals surface area contributed by atoms with Gasteiger partial charge in [0.2, 0.25) is 0 Å². The molecule has 2 aromatic heterocycles. The highest BCUT2D eigenvalue weighted by atomic mass is 32.1. The Morgan fingerprint density at radius 3 is 2.64 bits per heavy atom. The Labute approximate surface area is 166 Å². The molecule has 0 aliphatic rings. The van der Waals surface area contributed by atoms with Gasteiger partial charge in [-0.1, -0.05) is 6.07 Å². The summed E-state index contributed by atoms with van der Waals surface area (Å²) in [6.45, 7) is 4.38. The lowest BCUT2D eigenvalue weighted by molar-refractivity contribution is 0.467. The molecule has 0 unspecified atom stereocenters. The Bertz CT molecular complexity index is 1130. The van der Waals surface area contributed by atoms with Gasteiger partial charge >= 0.3 is 0 Å². The lowest BCUT2D eigenvalue weighted by Crippen LogP contribution is -2.07. The third-order valence-corrected chi connectivity index (χ3v) is 5.68. The van der Waals surface area contributed by atoms with Crippen molar-refractivity contribution < 1.29 is 9.50 Å². The van der Waals surface area contributed by atoms with Gasteiger partial charge in [-0.2, -0.15) is 0 Å². The molecule has 2 heterocycles. The van der Waals surface area contributed by atoms with Crippen molar-refractivity contribution in [2.75, 3.05) is 11.9 Å². The topological polar surface area (TPSA) is 58.0 Å². The van der Waals surface area contributed by atoms with E-state index >= 15 is 0 Å². The van der Waals surface area contributed by atoms with Gasteiger partial charge in [0.25, 0.3) is 0 Å². The molecule has 0 radical (unpaired) electrons. The second kappa shape index (κ2) is 7.56. The number of halogens is 1. The second-order valence-corrected chi connectivity index (χ2v) is 7.76. The number of thiophene rings is 1. The monoisotopic (exact) mass is 393 g/mol. The lowest BCUT2D eigenvalue weighted by Gasteiger charge is -2.10. The number of hydrogen-bond donors (Lipinski definition) is 2. The van der Waals surface area contributed by atoms with Gasteiger partial charge in [-0.25, -0.2) is 14.4 Å². The number of nitrogens with one attached hydrogen (secondary N) is 1. The summed E-state index contributed by atoms with van der Waals surface area (Å²) in [6, 6.07) is 11.3. The van der Waals surface area contributed by atoms with Crippen LogP contribution in [-0.4, -0.2) is 21.6 Å². The van der Waals surface area contributed by atoms with Crippen molar-refractivity contribution in [1.82, 2.24) is 9.97 Å². The van der Waals surface area contributed by atoms with Crippen LogP contribution in [0.25, 0.3) is 21.3 Å². The van der Waals surface area contributed by atoms with Crippen LogP contribution in [0.15, 0.2) is 48.1 Å². The number of benzene rings is 2. The lowest BCUT2D eigenvalue weighted by atomic mass is 10.0. The molecule has 0 aliphatic heterocycles. The molecule has 4 aromatic rings. The number of fused-ring (bicyclic) bond motifs is 1. The molecule has 4 nitrogen and oxygen atoms in total. The number of hydrogen-bond acceptors (Lipinski definition) is 5. The summed E-state index contributed by atoms with van der Waals surface area (Å²) in [5.74, 6) is 0.862. The molecule has 0 bridgehead atoms. The Morgan fingerprint density at radius 1 is 1.07 bits per heavy atom. The van der Waals surface area contributed by atoms with Crippen molar-refractivity contribution in [3.8, 4) is 17.0 Å². The number of phenols is 1. The minimum atomic E-state index is -0.162. The largest absolute Gasteiger partial charge is 0.507 e. The van der Waals surface area contributed by atoms with Gasteiger partial charge in [0, 0.05) is 18.2 Å². The van der Waals surface area contributed by atoms with E-state index < -0.39 is 0 Å². The van der Waals surface area contributed by atoms with Crippen LogP contribution in [0.5, 0.6) is 5.75 Å². The predicted molar refractivity (Wildman–Crippen MR) is 113 cm³/mol. The zero-order valence-electron chi connectivity index (χ0n) is 15.7. The molecule has 0 saturated heterocycles. The summed E-state index contributed by atoms with van der Waals surface area (Å²) in [7, 11) is 0. The molecule has 2 aromatic carbocycles. The Hall–Kier alpha value is -2.99. The van der Waals surface area contributed by atoms with Crippen molar-refractivity contribution in [3.05, 3.63) is 70.6 Å². The predicted octanol–water partition coefficient (Wildman–Crippen LogP) is 5.47. The fraction of sp³-hybridized carbons (Fsp3) is 0.182. The first-order chi connectivity index (χ1) is 13.5. The maximum Gasteiger partial charge on any atom is 0.141 e. The van der Waals surface area contributed by atoms with Crippen LogP contribution in [0.1, 0.15) is 16.7 Å². The fourth-order valence-corrected chi connectivity index (χ4v) is 4.08. The molecule has 0 aliphatic carbocycles. The summed E-state index contributed by atoms with van der Waals surface area (Å²) in [4.78, 5) is 8.62. The number of anilines is 1. The van der Waals surface area contributed by atoms with E-state index in [1.807, 2.05) is 49.6 Å². The number of aryl methyl sites for hydroxylation is 2. The Morgan fingerprint density at radius 2 is 1.86 bits per heavy atom. The maximum atomic E-state index is 14.1. The minimum absolute atomic E-state index is 0.162. The zero-order chi connectivity index (χ0) is 19.7. The normalized spacial score (nSPS) is 11.1. The highest BCUT2D eigenvalue weighted by molar-refractivity contribution is 7.17. The number of phenolic OH excluding ortho intramolecular Hbond substituents is 1. The highest BCUT2D eigenvalue weighted by Crippen LogP contribution is 2.29. The van der Waals surface area contributed by atoms with E-state index in [1.165, 1.54) is 17.7 Å². The number of aromatic hydroxyl groups is 1. The summed E-state index contributed by atoms with van der Waals surface area (Å²) in [5, 5.41) is 16.1. The van der Waals surface area contributed by atoms with E-state index in [0.717, 1.165) is 33.3 Å². The van der Waals surface area contributed by atoms with E-state index in [9.17, 15) is 9.50 Å². The van der Waals surface area contributed by atoms with E-state index in [1.54, 1.807) is 6.07 Å². The van der Waals surface area contributed by atoms with Gasteiger partial charge in [0.05, 0.1) is 10.4 Å². The second-order valence-electron chi connectivity index (χ2n) is 6.84. The number of aromatic nitrogens is 2. The van der Waals surface area contributed by atoms with Crippen LogP contribution in [0, 0.1) is 19.7 Å². The SMILES string of the molecule is Cc1cc(-c2cc(NCCc3cc(F)c4sccc4c3)ncn2)cc(C)c1O. The molecular weight excluding hydrogens is 373 g/mol. The number of rotatable bonds is 5. The Balaban J connectivity index is 1.47. The molecule has 0 spiro atoms. The molecule has 6 heteroatoms. The maximum absolute atomic E-state index is 14.1. The standard InChI is InChI=1S/C22H20FN3OS/c1-13-7-17(8-14(2)21(13)27)19-11-20(26-12-25-19)24-5-3-15-9-16-4-6-28-22(16)18(23)10-15/h4,6-12,27H,3,5H2,1-2H3,(H,24,25,26). The van der Waals surface area contributed by atoms with Gasteiger partial charge in [-0.3, -0.25) is 0 Å². The van der Waals surface area contributed by atoms with Crippen LogP contribution >= 0.6 is 11.3 Å². The van der Waals surface area contributed by atoms with E-state index in [4.69, 9.17) is 0 Å². The molecule has 0 fully saturated rings. The van der Waals surface area contributed by atoms with Crippen LogP contribution < -0.4 is 5.32 Å². The van der Waals surface area contributed by atoms with Crippen LogP contribution in [0.3, 0.4) is 0 Å². The van der Waals surface area contributed by atoms with Gasteiger partial charge in [-0.15, -0.1) is 11.3 Å². The molecular formula is C22H20FN3OS. The molecule has 2 N–H and O–H groups in total. The first-order valence-corrected chi connectivity index (χ1v) is 9.91. The average molecular weight is 393 g/mol. The molecule has 0 saturated carbocycles. The van der Waals surface area contributed by atoms with Crippen molar-refractivity contribution in [2.45, 2.75) is 20.3 Å². The van der Waals surface area contributed by atoms with Gasteiger partial charge < -0.3 is 10.4 Å². The average Bonchev–Trinajstić information content (AvgIpc) is 3.15. The van der Waals surface area contributed by atoms with Gasteiger partial charge in [0.15, 0.2) is 0 Å². The smallest absolute Gasteiger partial charge is 0.141 e. The van der Waals surface area contributed by atoms with Crippen molar-refractivity contribution in [3.63, 3.8) is 0 Å². The first kappa shape index (κ1) is 18.4. The number of nitrogens with zero attached hydrogens (tertiary/aromatic N) is 2. The Kier molecular flexibility index (Phi) is 4.96. The molecule has 0 amide bonds. The summed E-state index contributed by atoms with van der Waals surface area (Å²) < 4.78 is 14.8.